The Morgan fingerprint density at radius 1 is 1.57 bits per heavy atom. The van der Waals surface area contributed by atoms with Crippen molar-refractivity contribution in [3.8, 4) is 5.75 Å². The van der Waals surface area contributed by atoms with E-state index in [4.69, 9.17) is 21.7 Å². The summed E-state index contributed by atoms with van der Waals surface area (Å²) < 4.78 is 5.67. The van der Waals surface area contributed by atoms with E-state index in [0.29, 0.717) is 9.74 Å². The monoisotopic (exact) mass is 233 g/mol. The fourth-order valence-electron chi connectivity index (χ4n) is 1.09. The molecule has 0 aromatic heterocycles. The van der Waals surface area contributed by atoms with Crippen LogP contribution < -0.4 is 4.74 Å². The highest BCUT2D eigenvalue weighted by Gasteiger charge is 2.07. The van der Waals surface area contributed by atoms with E-state index in [1.807, 2.05) is 18.2 Å². The van der Waals surface area contributed by atoms with E-state index in [0.717, 1.165) is 23.3 Å². The topological polar surface area (TPSA) is 32.7 Å². The summed E-state index contributed by atoms with van der Waals surface area (Å²) in [5.41, 5.74) is 1.17. The maximum Gasteiger partial charge on any atom is 0.133 e. The minimum absolute atomic E-state index is 0.539. The van der Waals surface area contributed by atoms with E-state index in [1.165, 1.54) is 5.56 Å². The molecule has 0 saturated carbocycles. The summed E-state index contributed by atoms with van der Waals surface area (Å²) in [4.78, 5) is 0.796. The average molecular weight is 234 g/mol. The molecule has 0 amide bonds. The maximum atomic E-state index is 8.90. The van der Waals surface area contributed by atoms with E-state index in [9.17, 15) is 0 Å². The van der Waals surface area contributed by atoms with Gasteiger partial charge < -0.3 is 4.74 Å². The van der Waals surface area contributed by atoms with Crippen LogP contribution in [0.4, 0.5) is 0 Å². The van der Waals surface area contributed by atoms with Crippen LogP contribution in [-0.2, 0) is 6.42 Å². The molecule has 0 aliphatic carbocycles. The second-order valence-electron chi connectivity index (χ2n) is 2.66. The molecule has 1 aromatic carbocycles. The average Bonchev–Trinajstić information content (AvgIpc) is 2.16. The smallest absolute Gasteiger partial charge is 0.133 e. The molecule has 0 saturated heterocycles. The number of ether oxygens (including phenoxy) is 1. The number of hydrogen-bond acceptors (Lipinski definition) is 4. The van der Waals surface area contributed by atoms with Crippen molar-refractivity contribution in [2.24, 2.45) is 0 Å². The highest BCUT2D eigenvalue weighted by molar-refractivity contribution is 7.97. The van der Waals surface area contributed by atoms with Gasteiger partial charge >= 0.3 is 0 Å². The summed E-state index contributed by atoms with van der Waals surface area (Å²) >= 11 is 6.34. The molecule has 5 heteroatoms. The van der Waals surface area contributed by atoms with Crippen molar-refractivity contribution in [1.82, 2.24) is 3.99 Å². The Morgan fingerprint density at radius 2 is 2.29 bits per heavy atom. The molecule has 0 spiro atoms. The standard InChI is InChI=1S/C9H12ClNO2S/c1-3-7-4-5-8(13-2)9(6-7)14-11(10)12/h4-6,12H,3H2,1-2H3. The summed E-state index contributed by atoms with van der Waals surface area (Å²) in [6, 6.07) is 5.79. The molecule has 1 N–H and O–H groups in total. The quantitative estimate of drug-likeness (QED) is 0.492. The zero-order chi connectivity index (χ0) is 10.6. The largest absolute Gasteiger partial charge is 0.496 e. The van der Waals surface area contributed by atoms with Crippen LogP contribution in [0.25, 0.3) is 0 Å². The Morgan fingerprint density at radius 3 is 2.79 bits per heavy atom. The van der Waals surface area contributed by atoms with Crippen LogP contribution in [0.3, 0.4) is 0 Å². The third-order valence-electron chi connectivity index (χ3n) is 1.81. The number of rotatable bonds is 4. The summed E-state index contributed by atoms with van der Waals surface area (Å²) in [6.07, 6.45) is 0.936. The summed E-state index contributed by atoms with van der Waals surface area (Å²) in [7, 11) is 1.58. The van der Waals surface area contributed by atoms with Crippen molar-refractivity contribution in [3.05, 3.63) is 23.8 Å². The Bertz CT molecular complexity index is 307. The SMILES string of the molecule is CCc1ccc(OC)c(SN(O)Cl)c1. The first-order valence-corrected chi connectivity index (χ1v) is 5.28. The van der Waals surface area contributed by atoms with Gasteiger partial charge in [-0.2, -0.15) is 0 Å². The van der Waals surface area contributed by atoms with E-state index >= 15 is 0 Å². The second kappa shape index (κ2) is 5.46. The third-order valence-corrected chi connectivity index (χ3v) is 2.68. The van der Waals surface area contributed by atoms with Crippen LogP contribution in [0.2, 0.25) is 0 Å². The fourth-order valence-corrected chi connectivity index (χ4v) is 1.92. The van der Waals surface area contributed by atoms with Crippen molar-refractivity contribution in [2.45, 2.75) is 18.2 Å². The summed E-state index contributed by atoms with van der Waals surface area (Å²) in [5, 5.41) is 8.90. The molecule has 0 unspecified atom stereocenters. The van der Waals surface area contributed by atoms with Gasteiger partial charge in [0.05, 0.1) is 12.0 Å². The van der Waals surface area contributed by atoms with Crippen molar-refractivity contribution in [3.63, 3.8) is 0 Å². The zero-order valence-corrected chi connectivity index (χ0v) is 9.60. The lowest BCUT2D eigenvalue weighted by Crippen LogP contribution is -1.95. The molecule has 0 aliphatic rings. The molecular weight excluding hydrogens is 222 g/mol. The highest BCUT2D eigenvalue weighted by Crippen LogP contribution is 2.32. The predicted octanol–water partition coefficient (Wildman–Crippen LogP) is 3.11. The first-order chi connectivity index (χ1) is 6.67. The molecule has 0 atom stereocenters. The second-order valence-corrected chi connectivity index (χ2v) is 4.15. The number of benzene rings is 1. The maximum absolute atomic E-state index is 8.90. The van der Waals surface area contributed by atoms with Gasteiger partial charge in [-0.15, -0.1) is 0 Å². The van der Waals surface area contributed by atoms with Gasteiger partial charge in [0.2, 0.25) is 0 Å². The molecule has 0 radical (unpaired) electrons. The van der Waals surface area contributed by atoms with Crippen LogP contribution in [0, 0.1) is 0 Å². The van der Waals surface area contributed by atoms with Crippen LogP contribution >= 0.6 is 23.7 Å². The van der Waals surface area contributed by atoms with Gasteiger partial charge in [-0.25, -0.2) is 0 Å². The third kappa shape index (κ3) is 3.06. The van der Waals surface area contributed by atoms with Crippen molar-refractivity contribution in [1.29, 1.82) is 0 Å². The van der Waals surface area contributed by atoms with Gasteiger partial charge in [0.15, 0.2) is 0 Å². The van der Waals surface area contributed by atoms with Crippen molar-refractivity contribution >= 4 is 23.7 Å². The fraction of sp³-hybridized carbons (Fsp3) is 0.333. The number of halogens is 1. The van der Waals surface area contributed by atoms with Crippen LogP contribution in [0.15, 0.2) is 23.1 Å². The predicted molar refractivity (Wildman–Crippen MR) is 57.7 cm³/mol. The lowest BCUT2D eigenvalue weighted by Gasteiger charge is -2.10. The van der Waals surface area contributed by atoms with E-state index < -0.39 is 0 Å². The minimum atomic E-state index is 0.539. The van der Waals surface area contributed by atoms with Crippen molar-refractivity contribution < 1.29 is 9.94 Å². The van der Waals surface area contributed by atoms with Crippen molar-refractivity contribution in [2.75, 3.05) is 7.11 Å². The Balaban J connectivity index is 2.96. The molecule has 78 valence electrons. The van der Waals surface area contributed by atoms with Gasteiger partial charge in [-0.3, -0.25) is 5.21 Å². The first kappa shape index (κ1) is 11.7. The lowest BCUT2D eigenvalue weighted by atomic mass is 10.2. The molecule has 0 aliphatic heterocycles. The van der Waals surface area contributed by atoms with E-state index in [2.05, 4.69) is 6.92 Å². The van der Waals surface area contributed by atoms with Crippen LogP contribution in [0.5, 0.6) is 5.75 Å². The van der Waals surface area contributed by atoms with E-state index in [-0.39, 0.29) is 0 Å². The Kier molecular flexibility index (Phi) is 4.54. The summed E-state index contributed by atoms with van der Waals surface area (Å²) in [6.45, 7) is 2.06. The van der Waals surface area contributed by atoms with Gasteiger partial charge in [0.1, 0.15) is 5.75 Å². The zero-order valence-electron chi connectivity index (χ0n) is 8.03. The molecular formula is C9H12ClNO2S. The minimum Gasteiger partial charge on any atom is -0.496 e. The number of nitrogens with zero attached hydrogens (tertiary/aromatic N) is 1. The van der Waals surface area contributed by atoms with E-state index in [1.54, 1.807) is 7.11 Å². The molecule has 1 rings (SSSR count). The van der Waals surface area contributed by atoms with Gasteiger partial charge in [-0.1, -0.05) is 13.0 Å². The van der Waals surface area contributed by atoms with Crippen LogP contribution in [-0.4, -0.2) is 16.3 Å². The van der Waals surface area contributed by atoms with Gasteiger partial charge in [0.25, 0.3) is 0 Å². The number of methoxy groups -OCH3 is 1. The molecule has 0 fully saturated rings. The van der Waals surface area contributed by atoms with Gasteiger partial charge in [0, 0.05) is 23.7 Å². The lowest BCUT2D eigenvalue weighted by molar-refractivity contribution is 0.114. The first-order valence-electron chi connectivity index (χ1n) is 4.17. The molecule has 14 heavy (non-hydrogen) atoms. The molecule has 0 heterocycles. The number of aryl methyl sites for hydroxylation is 1. The Hall–Kier alpha value is -0.420. The van der Waals surface area contributed by atoms with Crippen LogP contribution in [0.1, 0.15) is 12.5 Å². The highest BCUT2D eigenvalue weighted by atomic mass is 35.5. The normalized spacial score (nSPS) is 10.6. The van der Waals surface area contributed by atoms with Gasteiger partial charge in [-0.05, 0) is 28.1 Å². The Labute approximate surface area is 92.8 Å². The molecule has 0 bridgehead atoms. The molecule has 3 nitrogen and oxygen atoms in total. The summed E-state index contributed by atoms with van der Waals surface area (Å²) in [5.74, 6) is 0.701. The number of hydrogen-bond donors (Lipinski definition) is 1. The molecule has 1 aromatic rings.